The zero-order valence-corrected chi connectivity index (χ0v) is 13.9. The normalized spacial score (nSPS) is 29.8. The zero-order valence-electron chi connectivity index (χ0n) is 13.9. The highest BCUT2D eigenvalue weighted by Gasteiger charge is 2.45. The van der Waals surface area contributed by atoms with Gasteiger partial charge in [0.25, 0.3) is 0 Å². The molecule has 3 aliphatic rings. The lowest BCUT2D eigenvalue weighted by Gasteiger charge is -2.54. The minimum Gasteiger partial charge on any atom is -0.315 e. The third-order valence-electron chi connectivity index (χ3n) is 5.86. The van der Waals surface area contributed by atoms with E-state index in [1.807, 2.05) is 0 Å². The monoisotopic (exact) mass is 306 g/mol. The van der Waals surface area contributed by atoms with Crippen LogP contribution in [0.4, 0.5) is 0 Å². The first-order valence-corrected chi connectivity index (χ1v) is 8.89. The van der Waals surface area contributed by atoms with Gasteiger partial charge in [-0.15, -0.1) is 0 Å². The summed E-state index contributed by atoms with van der Waals surface area (Å²) in [5.74, 6) is 1.27. The zero-order chi connectivity index (χ0) is 15.6. The predicted octanol–water partition coefficient (Wildman–Crippen LogP) is 3.50. The fourth-order valence-corrected chi connectivity index (χ4v) is 4.81. The van der Waals surface area contributed by atoms with Crippen LogP contribution in [0.25, 0.3) is 0 Å². The van der Waals surface area contributed by atoms with Gasteiger partial charge in [0, 0.05) is 18.0 Å². The van der Waals surface area contributed by atoms with Gasteiger partial charge in [-0.25, -0.2) is 0 Å². The maximum atomic E-state index is 3.66. The Morgan fingerprint density at radius 3 is 1.87 bits per heavy atom. The summed E-state index contributed by atoms with van der Waals surface area (Å²) in [6.07, 6.45) is 2.69. The van der Waals surface area contributed by atoms with Crippen molar-refractivity contribution < 1.29 is 0 Å². The molecule has 120 valence electrons. The molecule has 0 saturated carbocycles. The van der Waals surface area contributed by atoms with Crippen molar-refractivity contribution in [3.05, 3.63) is 71.8 Å². The first kappa shape index (κ1) is 14.9. The number of likely N-dealkylation sites (N-methyl/N-ethyl adjacent to an activating group) is 1. The van der Waals surface area contributed by atoms with E-state index in [-0.39, 0.29) is 0 Å². The Morgan fingerprint density at radius 1 is 0.870 bits per heavy atom. The summed E-state index contributed by atoms with van der Waals surface area (Å²) >= 11 is 0. The maximum Gasteiger partial charge on any atom is 0.0361 e. The summed E-state index contributed by atoms with van der Waals surface area (Å²) in [5, 5.41) is 3.66. The summed E-state index contributed by atoms with van der Waals surface area (Å²) in [5.41, 5.74) is 2.88. The fraction of sp³-hybridized carbons (Fsp3) is 0.429. The Morgan fingerprint density at radius 2 is 1.39 bits per heavy atom. The van der Waals surface area contributed by atoms with Crippen molar-refractivity contribution in [1.82, 2.24) is 10.2 Å². The van der Waals surface area contributed by atoms with Crippen LogP contribution in [0, 0.1) is 5.92 Å². The minimum absolute atomic E-state index is 0.443. The summed E-state index contributed by atoms with van der Waals surface area (Å²) < 4.78 is 0. The van der Waals surface area contributed by atoms with Gasteiger partial charge in [-0.05, 0) is 50.0 Å². The van der Waals surface area contributed by atoms with Gasteiger partial charge in [0.2, 0.25) is 0 Å². The highest BCUT2D eigenvalue weighted by atomic mass is 15.2. The summed E-state index contributed by atoms with van der Waals surface area (Å²) in [6, 6.07) is 23.3. The van der Waals surface area contributed by atoms with Gasteiger partial charge in [-0.3, -0.25) is 4.90 Å². The molecule has 2 aromatic rings. The fourth-order valence-electron chi connectivity index (χ4n) is 4.81. The number of hydrogen-bond acceptors (Lipinski definition) is 2. The van der Waals surface area contributed by atoms with Gasteiger partial charge in [-0.1, -0.05) is 60.7 Å². The molecule has 2 atom stereocenters. The highest BCUT2D eigenvalue weighted by Crippen LogP contribution is 2.41. The Bertz CT molecular complexity index is 577. The lowest BCUT2D eigenvalue weighted by molar-refractivity contribution is 0.00833. The third kappa shape index (κ3) is 2.71. The number of fused-ring (bicyclic) bond motifs is 3. The Balaban J connectivity index is 1.79. The summed E-state index contributed by atoms with van der Waals surface area (Å²) in [7, 11) is 2.15. The first-order chi connectivity index (χ1) is 11.4. The van der Waals surface area contributed by atoms with Crippen molar-refractivity contribution >= 4 is 0 Å². The Hall–Kier alpha value is -1.64. The van der Waals surface area contributed by atoms with Crippen molar-refractivity contribution in [2.24, 2.45) is 5.92 Å². The summed E-state index contributed by atoms with van der Waals surface area (Å²) in [4.78, 5) is 2.73. The van der Waals surface area contributed by atoms with E-state index in [0.29, 0.717) is 18.0 Å². The molecule has 2 bridgehead atoms. The van der Waals surface area contributed by atoms with Crippen LogP contribution < -0.4 is 5.32 Å². The van der Waals surface area contributed by atoms with Crippen LogP contribution in [0.1, 0.15) is 29.9 Å². The largest absolute Gasteiger partial charge is 0.315 e. The first-order valence-electron chi connectivity index (χ1n) is 8.89. The van der Waals surface area contributed by atoms with Crippen molar-refractivity contribution in [3.8, 4) is 0 Å². The molecule has 3 aliphatic heterocycles. The van der Waals surface area contributed by atoms with E-state index in [4.69, 9.17) is 0 Å². The molecule has 3 saturated heterocycles. The molecular formula is C21H26N2. The number of piperidine rings is 3. The van der Waals surface area contributed by atoms with Crippen molar-refractivity contribution in [3.63, 3.8) is 0 Å². The molecule has 0 aliphatic carbocycles. The highest BCUT2D eigenvalue weighted by molar-refractivity contribution is 5.36. The van der Waals surface area contributed by atoms with Gasteiger partial charge in [0.1, 0.15) is 0 Å². The topological polar surface area (TPSA) is 15.3 Å². The second-order valence-corrected chi connectivity index (χ2v) is 6.98. The molecule has 1 N–H and O–H groups in total. The average molecular weight is 306 g/mol. The molecule has 3 heterocycles. The molecule has 0 amide bonds. The van der Waals surface area contributed by atoms with Gasteiger partial charge >= 0.3 is 0 Å². The summed E-state index contributed by atoms with van der Waals surface area (Å²) in [6.45, 7) is 2.51. The predicted molar refractivity (Wildman–Crippen MR) is 95.7 cm³/mol. The molecule has 5 rings (SSSR count). The smallest absolute Gasteiger partial charge is 0.0361 e. The molecule has 0 radical (unpaired) electrons. The van der Waals surface area contributed by atoms with Crippen LogP contribution in [0.15, 0.2) is 60.7 Å². The van der Waals surface area contributed by atoms with Crippen LogP contribution in [-0.2, 0) is 0 Å². The molecule has 2 unspecified atom stereocenters. The molecule has 3 fully saturated rings. The molecule has 23 heavy (non-hydrogen) atoms. The van der Waals surface area contributed by atoms with E-state index in [0.717, 1.165) is 5.92 Å². The molecule has 2 nitrogen and oxygen atoms in total. The van der Waals surface area contributed by atoms with Crippen LogP contribution in [-0.4, -0.2) is 37.1 Å². The standard InChI is InChI=1S/C21H26N2/c1-22-20-18-12-14-23(15-13-18)21(20)19(16-8-4-2-5-9-16)17-10-6-3-7-11-17/h2-11,18-22H,12-15H2,1H3. The van der Waals surface area contributed by atoms with Crippen LogP contribution in [0.2, 0.25) is 0 Å². The number of hydrogen-bond donors (Lipinski definition) is 1. The van der Waals surface area contributed by atoms with Gasteiger partial charge in [-0.2, -0.15) is 0 Å². The maximum absolute atomic E-state index is 3.66. The third-order valence-corrected chi connectivity index (χ3v) is 5.86. The Labute approximate surface area is 139 Å². The van der Waals surface area contributed by atoms with Crippen LogP contribution in [0.3, 0.4) is 0 Å². The average Bonchev–Trinajstić information content (AvgIpc) is 2.65. The molecule has 2 heteroatoms. The van der Waals surface area contributed by atoms with Crippen molar-refractivity contribution in [2.45, 2.75) is 30.8 Å². The van der Waals surface area contributed by atoms with Gasteiger partial charge < -0.3 is 5.32 Å². The van der Waals surface area contributed by atoms with E-state index in [1.165, 1.54) is 37.1 Å². The van der Waals surface area contributed by atoms with Crippen molar-refractivity contribution in [2.75, 3.05) is 20.1 Å². The van der Waals surface area contributed by atoms with Crippen LogP contribution >= 0.6 is 0 Å². The number of benzene rings is 2. The number of nitrogens with one attached hydrogen (secondary N) is 1. The van der Waals surface area contributed by atoms with E-state index < -0.39 is 0 Å². The SMILES string of the molecule is CNC1C2CCN(CC2)C1C(c1ccccc1)c1ccccc1. The molecule has 0 aromatic heterocycles. The Kier molecular flexibility index (Phi) is 4.19. The second-order valence-electron chi connectivity index (χ2n) is 6.98. The quantitative estimate of drug-likeness (QED) is 0.930. The second kappa shape index (κ2) is 6.46. The van der Waals surface area contributed by atoms with Crippen molar-refractivity contribution in [1.29, 1.82) is 0 Å². The molecule has 0 spiro atoms. The lowest BCUT2D eigenvalue weighted by atomic mass is 9.70. The minimum atomic E-state index is 0.443. The number of rotatable bonds is 4. The van der Waals surface area contributed by atoms with Gasteiger partial charge in [0.15, 0.2) is 0 Å². The molecular weight excluding hydrogens is 280 g/mol. The lowest BCUT2D eigenvalue weighted by Crippen LogP contribution is -2.64. The van der Waals surface area contributed by atoms with E-state index in [2.05, 4.69) is 77.9 Å². The number of nitrogens with zero attached hydrogens (tertiary/aromatic N) is 1. The molecule has 2 aromatic carbocycles. The van der Waals surface area contributed by atoms with E-state index in [9.17, 15) is 0 Å². The van der Waals surface area contributed by atoms with E-state index >= 15 is 0 Å². The van der Waals surface area contributed by atoms with Gasteiger partial charge in [0.05, 0.1) is 0 Å². The van der Waals surface area contributed by atoms with Crippen LogP contribution in [0.5, 0.6) is 0 Å². The van der Waals surface area contributed by atoms with E-state index in [1.54, 1.807) is 0 Å².